The number of nitrogens with zero attached hydrogens (tertiary/aromatic N) is 2. The molecule has 1 atom stereocenters. The summed E-state index contributed by atoms with van der Waals surface area (Å²) in [5.41, 5.74) is 0.653. The summed E-state index contributed by atoms with van der Waals surface area (Å²) in [5, 5.41) is 3.18. The molecule has 7 heteroatoms. The average molecular weight is 281 g/mol. The minimum absolute atomic E-state index is 0.0204. The lowest BCUT2D eigenvalue weighted by atomic mass is 10.2. The molecule has 1 aromatic heterocycles. The number of halogens is 2. The van der Waals surface area contributed by atoms with Crippen molar-refractivity contribution in [2.75, 3.05) is 5.32 Å². The smallest absolute Gasteiger partial charge is 0.395 e. The first-order chi connectivity index (χ1) is 9.44. The van der Waals surface area contributed by atoms with Gasteiger partial charge in [-0.05, 0) is 19.1 Å². The van der Waals surface area contributed by atoms with Crippen LogP contribution in [0, 0.1) is 0 Å². The van der Waals surface area contributed by atoms with E-state index in [4.69, 9.17) is 0 Å². The van der Waals surface area contributed by atoms with Crippen LogP contribution in [0.25, 0.3) is 0 Å². The monoisotopic (exact) mass is 281 g/mol. The molecule has 1 aliphatic rings. The fourth-order valence-electron chi connectivity index (χ4n) is 2.15. The molecule has 0 aliphatic carbocycles. The Labute approximate surface area is 114 Å². The van der Waals surface area contributed by atoms with Gasteiger partial charge in [-0.15, -0.1) is 8.78 Å². The van der Waals surface area contributed by atoms with Crippen molar-refractivity contribution >= 4 is 5.69 Å². The van der Waals surface area contributed by atoms with Crippen molar-refractivity contribution in [2.24, 2.45) is 7.05 Å². The van der Waals surface area contributed by atoms with Gasteiger partial charge in [0.2, 0.25) is 0 Å². The molecule has 0 fully saturated rings. The number of hydrogen-bond donors (Lipinski definition) is 1. The Hall–Kier alpha value is -2.31. The number of aromatic nitrogens is 2. The molecule has 2 heterocycles. The Balaban J connectivity index is 1.79. The molecule has 0 amide bonds. The fraction of sp³-hybridized carbons (Fsp3) is 0.308. The zero-order chi connectivity index (χ0) is 14.3. The number of alkyl halides is 2. The summed E-state index contributed by atoms with van der Waals surface area (Å²) in [6.07, 6.45) is -0.0479. The van der Waals surface area contributed by atoms with Crippen LogP contribution >= 0.6 is 0 Å². The molecule has 0 saturated heterocycles. The summed E-state index contributed by atoms with van der Waals surface area (Å²) < 4.78 is 36.5. The highest BCUT2D eigenvalue weighted by Gasteiger charge is 2.43. The van der Waals surface area contributed by atoms with Crippen LogP contribution in [-0.2, 0) is 7.05 Å². The topological polar surface area (TPSA) is 48.3 Å². The lowest BCUT2D eigenvalue weighted by molar-refractivity contribution is -0.286. The van der Waals surface area contributed by atoms with Crippen molar-refractivity contribution in [3.8, 4) is 11.5 Å². The molecule has 106 valence electrons. The maximum Gasteiger partial charge on any atom is 0.586 e. The van der Waals surface area contributed by atoms with Gasteiger partial charge < -0.3 is 19.4 Å². The van der Waals surface area contributed by atoms with E-state index in [0.29, 0.717) is 5.69 Å². The Bertz CT molecular complexity index is 642. The third-order valence-corrected chi connectivity index (χ3v) is 3.03. The van der Waals surface area contributed by atoms with Crippen LogP contribution in [0.15, 0.2) is 30.6 Å². The first kappa shape index (κ1) is 12.7. The van der Waals surface area contributed by atoms with E-state index in [0.717, 1.165) is 5.82 Å². The van der Waals surface area contributed by atoms with Gasteiger partial charge in [-0.1, -0.05) is 0 Å². The molecule has 1 aliphatic heterocycles. The van der Waals surface area contributed by atoms with E-state index in [1.165, 1.54) is 12.1 Å². The number of fused-ring (bicyclic) bond motifs is 1. The van der Waals surface area contributed by atoms with E-state index in [2.05, 4.69) is 19.8 Å². The Morgan fingerprint density at radius 1 is 1.30 bits per heavy atom. The number of ether oxygens (including phenoxy) is 2. The van der Waals surface area contributed by atoms with E-state index in [9.17, 15) is 8.78 Å². The Morgan fingerprint density at radius 3 is 2.75 bits per heavy atom. The molecular weight excluding hydrogens is 268 g/mol. The van der Waals surface area contributed by atoms with Gasteiger partial charge in [0.05, 0.1) is 6.04 Å². The second-order valence-electron chi connectivity index (χ2n) is 4.59. The highest BCUT2D eigenvalue weighted by molar-refractivity contribution is 5.56. The predicted molar refractivity (Wildman–Crippen MR) is 67.9 cm³/mol. The molecular formula is C13H13F2N3O2. The van der Waals surface area contributed by atoms with Gasteiger partial charge in [-0.2, -0.15) is 0 Å². The number of nitrogens with one attached hydrogen (secondary N) is 1. The van der Waals surface area contributed by atoms with Crippen molar-refractivity contribution in [3.63, 3.8) is 0 Å². The fourth-order valence-corrected chi connectivity index (χ4v) is 2.15. The SMILES string of the molecule is CC(Nc1ccc2c(c1)OC(F)(F)O2)c1nccn1C. The molecule has 1 N–H and O–H groups in total. The first-order valence-corrected chi connectivity index (χ1v) is 6.08. The maximum absolute atomic E-state index is 12.9. The van der Waals surface area contributed by atoms with Gasteiger partial charge in [0.1, 0.15) is 5.82 Å². The number of benzene rings is 1. The predicted octanol–water partition coefficient (Wildman–Crippen LogP) is 2.91. The zero-order valence-electron chi connectivity index (χ0n) is 10.9. The minimum Gasteiger partial charge on any atom is -0.395 e. The average Bonchev–Trinajstić information content (AvgIpc) is 2.90. The Kier molecular flexibility index (Phi) is 2.77. The summed E-state index contributed by atoms with van der Waals surface area (Å²) in [6.45, 7) is 1.93. The normalized spacial score (nSPS) is 17.0. The highest BCUT2D eigenvalue weighted by Crippen LogP contribution is 2.42. The molecule has 0 saturated carbocycles. The summed E-state index contributed by atoms with van der Waals surface area (Å²) in [7, 11) is 1.89. The van der Waals surface area contributed by atoms with Crippen LogP contribution < -0.4 is 14.8 Å². The van der Waals surface area contributed by atoms with Crippen LogP contribution in [0.5, 0.6) is 11.5 Å². The van der Waals surface area contributed by atoms with Crippen LogP contribution in [0.1, 0.15) is 18.8 Å². The molecule has 1 aromatic carbocycles. The lowest BCUT2D eigenvalue weighted by Crippen LogP contribution is -2.25. The molecule has 0 radical (unpaired) electrons. The molecule has 3 rings (SSSR count). The van der Waals surface area contributed by atoms with Gasteiger partial charge in [-0.3, -0.25) is 0 Å². The summed E-state index contributed by atoms with van der Waals surface area (Å²) in [6, 6.07) is 4.51. The standard InChI is InChI=1S/C13H13F2N3O2/c1-8(12-16-5-6-18(12)2)17-9-3-4-10-11(7-9)20-13(14,15)19-10/h3-8,17H,1-2H3. The van der Waals surface area contributed by atoms with E-state index in [-0.39, 0.29) is 17.5 Å². The third kappa shape index (κ3) is 2.26. The van der Waals surface area contributed by atoms with E-state index >= 15 is 0 Å². The van der Waals surface area contributed by atoms with Crippen LogP contribution in [0.4, 0.5) is 14.5 Å². The molecule has 20 heavy (non-hydrogen) atoms. The van der Waals surface area contributed by atoms with Crippen molar-refractivity contribution in [1.82, 2.24) is 9.55 Å². The van der Waals surface area contributed by atoms with E-state index in [1.54, 1.807) is 12.3 Å². The number of imidazole rings is 1. The van der Waals surface area contributed by atoms with Crippen LogP contribution in [0.3, 0.4) is 0 Å². The second-order valence-corrected chi connectivity index (χ2v) is 4.59. The van der Waals surface area contributed by atoms with Crippen molar-refractivity contribution in [1.29, 1.82) is 0 Å². The molecule has 1 unspecified atom stereocenters. The number of hydrogen-bond acceptors (Lipinski definition) is 4. The summed E-state index contributed by atoms with van der Waals surface area (Å²) >= 11 is 0. The van der Waals surface area contributed by atoms with Gasteiger partial charge in [0, 0.05) is 31.2 Å². The summed E-state index contributed by atoms with van der Waals surface area (Å²) in [5.74, 6) is 0.894. The van der Waals surface area contributed by atoms with Crippen LogP contribution in [0.2, 0.25) is 0 Å². The Morgan fingerprint density at radius 2 is 2.05 bits per heavy atom. The van der Waals surface area contributed by atoms with Crippen LogP contribution in [-0.4, -0.2) is 15.8 Å². The first-order valence-electron chi connectivity index (χ1n) is 6.08. The molecule has 2 aromatic rings. The van der Waals surface area contributed by atoms with E-state index < -0.39 is 6.29 Å². The zero-order valence-corrected chi connectivity index (χ0v) is 10.9. The van der Waals surface area contributed by atoms with Crippen molar-refractivity contribution in [2.45, 2.75) is 19.3 Å². The molecule has 5 nitrogen and oxygen atoms in total. The number of rotatable bonds is 3. The molecule has 0 spiro atoms. The molecule has 0 bridgehead atoms. The van der Waals surface area contributed by atoms with Crippen molar-refractivity contribution in [3.05, 3.63) is 36.4 Å². The van der Waals surface area contributed by atoms with Gasteiger partial charge >= 0.3 is 6.29 Å². The maximum atomic E-state index is 12.9. The van der Waals surface area contributed by atoms with E-state index in [1.807, 2.05) is 24.7 Å². The summed E-state index contributed by atoms with van der Waals surface area (Å²) in [4.78, 5) is 4.23. The van der Waals surface area contributed by atoms with Gasteiger partial charge in [0.25, 0.3) is 0 Å². The highest BCUT2D eigenvalue weighted by atomic mass is 19.3. The quantitative estimate of drug-likeness (QED) is 0.939. The lowest BCUT2D eigenvalue weighted by Gasteiger charge is -2.15. The minimum atomic E-state index is -3.59. The van der Waals surface area contributed by atoms with Gasteiger partial charge in [0.15, 0.2) is 11.5 Å². The number of aryl methyl sites for hydroxylation is 1. The third-order valence-electron chi connectivity index (χ3n) is 3.03. The second kappa shape index (κ2) is 4.36. The van der Waals surface area contributed by atoms with Crippen molar-refractivity contribution < 1.29 is 18.3 Å². The largest absolute Gasteiger partial charge is 0.586 e. The van der Waals surface area contributed by atoms with Gasteiger partial charge in [-0.25, -0.2) is 4.98 Å². The number of anilines is 1.